The summed E-state index contributed by atoms with van der Waals surface area (Å²) in [6.45, 7) is 12.4. The van der Waals surface area contributed by atoms with Crippen molar-refractivity contribution in [3.63, 3.8) is 0 Å². The van der Waals surface area contributed by atoms with E-state index in [2.05, 4.69) is 37.9 Å². The van der Waals surface area contributed by atoms with Crippen LogP contribution in [0, 0.1) is 0 Å². The van der Waals surface area contributed by atoms with Crippen LogP contribution < -0.4 is 5.32 Å². The standard InChI is InChI=1S/C13H28N2O2/c1-10(2)14-6-13(9-16-5)15-7-11(3)17-12(4)8-15/h10-14H,6-9H2,1-5H3/t11-,12+,13?. The smallest absolute Gasteiger partial charge is 0.0678 e. The molecule has 3 atom stereocenters. The highest BCUT2D eigenvalue weighted by Gasteiger charge is 2.27. The maximum Gasteiger partial charge on any atom is 0.0678 e. The van der Waals surface area contributed by atoms with E-state index in [0.717, 1.165) is 26.2 Å². The number of nitrogens with zero attached hydrogens (tertiary/aromatic N) is 1. The minimum Gasteiger partial charge on any atom is -0.383 e. The van der Waals surface area contributed by atoms with Gasteiger partial charge in [-0.05, 0) is 13.8 Å². The van der Waals surface area contributed by atoms with Crippen molar-refractivity contribution in [3.8, 4) is 0 Å². The maximum absolute atomic E-state index is 5.77. The predicted molar refractivity (Wildman–Crippen MR) is 70.4 cm³/mol. The van der Waals surface area contributed by atoms with Gasteiger partial charge in [0.05, 0.1) is 18.8 Å². The molecule has 0 aromatic carbocycles. The molecule has 0 radical (unpaired) electrons. The van der Waals surface area contributed by atoms with Crippen LogP contribution in [-0.4, -0.2) is 62.5 Å². The maximum atomic E-state index is 5.77. The summed E-state index contributed by atoms with van der Waals surface area (Å²) < 4.78 is 11.1. The van der Waals surface area contributed by atoms with Crippen LogP contribution >= 0.6 is 0 Å². The lowest BCUT2D eigenvalue weighted by Gasteiger charge is -2.40. The van der Waals surface area contributed by atoms with Gasteiger partial charge in [0.2, 0.25) is 0 Å². The number of ether oxygens (including phenoxy) is 2. The van der Waals surface area contributed by atoms with Crippen LogP contribution in [0.1, 0.15) is 27.7 Å². The summed E-state index contributed by atoms with van der Waals surface area (Å²) in [6.07, 6.45) is 0.634. The Morgan fingerprint density at radius 2 is 1.88 bits per heavy atom. The Labute approximate surface area is 106 Å². The molecule has 17 heavy (non-hydrogen) atoms. The van der Waals surface area contributed by atoms with Gasteiger partial charge in [0, 0.05) is 38.8 Å². The zero-order chi connectivity index (χ0) is 12.8. The molecule has 1 N–H and O–H groups in total. The number of morpholine rings is 1. The highest BCUT2D eigenvalue weighted by Crippen LogP contribution is 2.13. The molecule has 1 fully saturated rings. The topological polar surface area (TPSA) is 33.7 Å². The van der Waals surface area contributed by atoms with Crippen LogP contribution in [0.2, 0.25) is 0 Å². The molecule has 0 bridgehead atoms. The first-order valence-corrected chi connectivity index (χ1v) is 6.64. The van der Waals surface area contributed by atoms with Crippen LogP contribution in [0.25, 0.3) is 0 Å². The van der Waals surface area contributed by atoms with Crippen molar-refractivity contribution in [3.05, 3.63) is 0 Å². The minimum atomic E-state index is 0.317. The number of rotatable bonds is 6. The monoisotopic (exact) mass is 244 g/mol. The molecule has 102 valence electrons. The summed E-state index contributed by atoms with van der Waals surface area (Å²) >= 11 is 0. The van der Waals surface area contributed by atoms with Gasteiger partial charge in [0.25, 0.3) is 0 Å². The van der Waals surface area contributed by atoms with Crippen LogP contribution in [-0.2, 0) is 9.47 Å². The second kappa shape index (κ2) is 7.31. The van der Waals surface area contributed by atoms with E-state index in [1.54, 1.807) is 7.11 Å². The van der Waals surface area contributed by atoms with Gasteiger partial charge in [0.1, 0.15) is 0 Å². The number of hydrogen-bond acceptors (Lipinski definition) is 4. The molecule has 0 aliphatic carbocycles. The van der Waals surface area contributed by atoms with Crippen LogP contribution in [0.4, 0.5) is 0 Å². The van der Waals surface area contributed by atoms with Crippen LogP contribution in [0.5, 0.6) is 0 Å². The number of nitrogens with one attached hydrogen (secondary N) is 1. The summed E-state index contributed by atoms with van der Waals surface area (Å²) in [5.41, 5.74) is 0. The first-order chi connectivity index (χ1) is 8.02. The van der Waals surface area contributed by atoms with E-state index < -0.39 is 0 Å². The van der Waals surface area contributed by atoms with Crippen molar-refractivity contribution >= 4 is 0 Å². The summed E-state index contributed by atoms with van der Waals surface area (Å²) in [6, 6.07) is 0.960. The Bertz CT molecular complexity index is 202. The molecule has 1 saturated heterocycles. The molecule has 0 amide bonds. The number of hydrogen-bond donors (Lipinski definition) is 1. The fourth-order valence-electron chi connectivity index (χ4n) is 2.37. The van der Waals surface area contributed by atoms with E-state index in [1.165, 1.54) is 0 Å². The van der Waals surface area contributed by atoms with Gasteiger partial charge in [-0.1, -0.05) is 13.8 Å². The lowest BCUT2D eigenvalue weighted by molar-refractivity contribution is -0.0872. The fourth-order valence-corrected chi connectivity index (χ4v) is 2.37. The molecular weight excluding hydrogens is 216 g/mol. The third-order valence-corrected chi connectivity index (χ3v) is 3.09. The highest BCUT2D eigenvalue weighted by molar-refractivity contribution is 4.81. The summed E-state index contributed by atoms with van der Waals surface area (Å²) in [5.74, 6) is 0. The largest absolute Gasteiger partial charge is 0.383 e. The normalized spacial score (nSPS) is 28.6. The predicted octanol–water partition coefficient (Wildman–Crippen LogP) is 1.11. The summed E-state index contributed by atoms with van der Waals surface area (Å²) in [5, 5.41) is 3.49. The number of methoxy groups -OCH3 is 1. The minimum absolute atomic E-state index is 0.317. The second-order valence-electron chi connectivity index (χ2n) is 5.38. The first kappa shape index (κ1) is 14.9. The van der Waals surface area contributed by atoms with Crippen LogP contribution in [0.15, 0.2) is 0 Å². The van der Waals surface area contributed by atoms with Crippen LogP contribution in [0.3, 0.4) is 0 Å². The molecule has 0 saturated carbocycles. The SMILES string of the molecule is COCC(CNC(C)C)N1C[C@@H](C)O[C@@H](C)C1. The lowest BCUT2D eigenvalue weighted by atomic mass is 10.1. The third kappa shape index (κ3) is 5.34. The van der Waals surface area contributed by atoms with Gasteiger partial charge in [0.15, 0.2) is 0 Å². The van der Waals surface area contributed by atoms with E-state index in [-0.39, 0.29) is 0 Å². The molecule has 0 aromatic rings. The molecule has 1 unspecified atom stereocenters. The van der Waals surface area contributed by atoms with E-state index in [0.29, 0.717) is 24.3 Å². The average Bonchev–Trinajstić information content (AvgIpc) is 2.22. The third-order valence-electron chi connectivity index (χ3n) is 3.09. The molecular formula is C13H28N2O2. The second-order valence-corrected chi connectivity index (χ2v) is 5.38. The Hall–Kier alpha value is -0.160. The summed E-state index contributed by atoms with van der Waals surface area (Å²) in [7, 11) is 1.77. The lowest BCUT2D eigenvalue weighted by Crippen LogP contribution is -2.54. The van der Waals surface area contributed by atoms with E-state index >= 15 is 0 Å². The van der Waals surface area contributed by atoms with Crippen molar-refractivity contribution in [1.82, 2.24) is 10.2 Å². The Balaban J connectivity index is 2.49. The Kier molecular flexibility index (Phi) is 6.41. The van der Waals surface area contributed by atoms with E-state index in [1.807, 2.05) is 0 Å². The van der Waals surface area contributed by atoms with Gasteiger partial charge in [-0.3, -0.25) is 4.90 Å². The van der Waals surface area contributed by atoms with Gasteiger partial charge in [-0.2, -0.15) is 0 Å². The van der Waals surface area contributed by atoms with Gasteiger partial charge in [-0.25, -0.2) is 0 Å². The fraction of sp³-hybridized carbons (Fsp3) is 1.00. The van der Waals surface area contributed by atoms with Crippen molar-refractivity contribution in [2.75, 3.05) is 33.4 Å². The first-order valence-electron chi connectivity index (χ1n) is 6.64. The average molecular weight is 244 g/mol. The van der Waals surface area contributed by atoms with E-state index in [4.69, 9.17) is 9.47 Å². The quantitative estimate of drug-likeness (QED) is 0.759. The summed E-state index contributed by atoms with van der Waals surface area (Å²) in [4.78, 5) is 2.48. The molecule has 1 aliphatic heterocycles. The molecule has 0 aromatic heterocycles. The highest BCUT2D eigenvalue weighted by atomic mass is 16.5. The van der Waals surface area contributed by atoms with Gasteiger partial charge in [-0.15, -0.1) is 0 Å². The van der Waals surface area contributed by atoms with Gasteiger partial charge < -0.3 is 14.8 Å². The molecule has 1 rings (SSSR count). The zero-order valence-corrected chi connectivity index (χ0v) is 11.9. The van der Waals surface area contributed by atoms with Crippen molar-refractivity contribution in [2.24, 2.45) is 0 Å². The van der Waals surface area contributed by atoms with Crippen molar-refractivity contribution < 1.29 is 9.47 Å². The Morgan fingerprint density at radius 1 is 1.29 bits per heavy atom. The Morgan fingerprint density at radius 3 is 2.35 bits per heavy atom. The molecule has 4 nitrogen and oxygen atoms in total. The van der Waals surface area contributed by atoms with Gasteiger partial charge >= 0.3 is 0 Å². The van der Waals surface area contributed by atoms with E-state index in [9.17, 15) is 0 Å². The molecule has 4 heteroatoms. The van der Waals surface area contributed by atoms with Crippen molar-refractivity contribution in [1.29, 1.82) is 0 Å². The zero-order valence-electron chi connectivity index (χ0n) is 11.9. The van der Waals surface area contributed by atoms with Crippen molar-refractivity contribution in [2.45, 2.75) is 52.0 Å². The molecule has 1 heterocycles. The molecule has 1 aliphatic rings. The molecule has 0 spiro atoms.